The zero-order valence-corrected chi connectivity index (χ0v) is 9.34. The summed E-state index contributed by atoms with van der Waals surface area (Å²) in [6.45, 7) is 0. The summed E-state index contributed by atoms with van der Waals surface area (Å²) in [5.74, 6) is -0.439. The Labute approximate surface area is 98.1 Å². The van der Waals surface area contributed by atoms with Crippen LogP contribution >= 0.6 is 0 Å². The fraction of sp³-hybridized carbons (Fsp3) is 0.364. The van der Waals surface area contributed by atoms with Gasteiger partial charge in [-0.15, -0.1) is 0 Å². The van der Waals surface area contributed by atoms with Gasteiger partial charge in [0.05, 0.1) is 20.5 Å². The first-order valence-electron chi connectivity index (χ1n) is 5.23. The van der Waals surface area contributed by atoms with E-state index in [-0.39, 0.29) is 18.0 Å². The van der Waals surface area contributed by atoms with Crippen molar-refractivity contribution < 1.29 is 24.2 Å². The number of nitrogens with zero attached hydrogens (tertiary/aromatic N) is 1. The highest BCUT2D eigenvalue weighted by atomic mass is 19.4. The Kier molecular flexibility index (Phi) is 3.63. The summed E-state index contributed by atoms with van der Waals surface area (Å²) in [5.41, 5.74) is -0.680. The van der Waals surface area contributed by atoms with Crippen molar-refractivity contribution in [3.05, 3.63) is 35.4 Å². The largest absolute Gasteiger partial charge is 0.416 e. The molecule has 0 heterocycles. The number of carbonyl (C=O) groups is 1. The third-order valence-corrected chi connectivity index (χ3v) is 2.17. The molecule has 17 heavy (non-hydrogen) atoms. The first-order chi connectivity index (χ1) is 8.25. The SMILES string of the molecule is [2H]c1cc(C(F)(F)F)ccc1CC(=O)N(C)OC. The van der Waals surface area contributed by atoms with Gasteiger partial charge in [0.1, 0.15) is 0 Å². The standard InChI is InChI=1S/C11H12F3NO2/c1-15(17-2)10(16)7-8-3-5-9(6-4-8)11(12,13)14/h3-6H,7H2,1-2H3/i3D. The fourth-order valence-electron chi connectivity index (χ4n) is 1.12. The molecule has 0 fully saturated rings. The van der Waals surface area contributed by atoms with Crippen LogP contribution in [-0.4, -0.2) is 25.1 Å². The Morgan fingerprint density at radius 1 is 1.47 bits per heavy atom. The minimum atomic E-state index is -4.48. The smallest absolute Gasteiger partial charge is 0.275 e. The highest BCUT2D eigenvalue weighted by Gasteiger charge is 2.29. The average molecular weight is 248 g/mol. The number of halogens is 3. The molecule has 1 aromatic rings. The van der Waals surface area contributed by atoms with Gasteiger partial charge in [-0.05, 0) is 17.7 Å². The molecule has 0 aliphatic heterocycles. The Balaban J connectivity index is 2.90. The number of hydroxylamine groups is 2. The second-order valence-corrected chi connectivity index (χ2v) is 3.35. The van der Waals surface area contributed by atoms with E-state index >= 15 is 0 Å². The molecule has 94 valence electrons. The monoisotopic (exact) mass is 248 g/mol. The molecule has 0 bridgehead atoms. The van der Waals surface area contributed by atoms with Crippen molar-refractivity contribution >= 4 is 5.91 Å². The van der Waals surface area contributed by atoms with Gasteiger partial charge >= 0.3 is 6.18 Å². The van der Waals surface area contributed by atoms with Gasteiger partial charge in [-0.2, -0.15) is 13.2 Å². The Bertz CT molecular complexity index is 448. The molecule has 1 amide bonds. The molecule has 0 aliphatic carbocycles. The van der Waals surface area contributed by atoms with Crippen molar-refractivity contribution in [2.24, 2.45) is 0 Å². The van der Waals surface area contributed by atoms with E-state index in [1.807, 2.05) is 0 Å². The second-order valence-electron chi connectivity index (χ2n) is 3.35. The molecule has 6 heteroatoms. The summed E-state index contributed by atoms with van der Waals surface area (Å²) in [4.78, 5) is 16.1. The van der Waals surface area contributed by atoms with Crippen molar-refractivity contribution in [1.82, 2.24) is 5.06 Å². The lowest BCUT2D eigenvalue weighted by Crippen LogP contribution is -2.26. The first-order valence-corrected chi connectivity index (χ1v) is 4.73. The van der Waals surface area contributed by atoms with Gasteiger partial charge in [0.25, 0.3) is 0 Å². The maximum atomic E-state index is 12.4. The summed E-state index contributed by atoms with van der Waals surface area (Å²) in [6, 6.07) is 2.37. The summed E-state index contributed by atoms with van der Waals surface area (Å²) in [5, 5.41) is 0.955. The Morgan fingerprint density at radius 3 is 2.59 bits per heavy atom. The van der Waals surface area contributed by atoms with Crippen LogP contribution in [-0.2, 0) is 22.2 Å². The van der Waals surface area contributed by atoms with Crippen molar-refractivity contribution in [3.63, 3.8) is 0 Å². The van der Waals surface area contributed by atoms with E-state index in [0.29, 0.717) is 6.07 Å². The van der Waals surface area contributed by atoms with Crippen LogP contribution in [0.2, 0.25) is 0 Å². The topological polar surface area (TPSA) is 29.5 Å². The van der Waals surface area contributed by atoms with Crippen LogP contribution in [0.5, 0.6) is 0 Å². The molecule has 0 atom stereocenters. The van der Waals surface area contributed by atoms with Crippen molar-refractivity contribution in [2.45, 2.75) is 12.6 Å². The Hall–Kier alpha value is -1.56. The summed E-state index contributed by atoms with van der Waals surface area (Å²) in [7, 11) is 2.68. The number of hydrogen-bond donors (Lipinski definition) is 0. The minimum Gasteiger partial charge on any atom is -0.275 e. The molecule has 0 saturated heterocycles. The number of amides is 1. The van der Waals surface area contributed by atoms with E-state index in [1.54, 1.807) is 0 Å². The molecule has 0 unspecified atom stereocenters. The molecule has 0 spiro atoms. The number of alkyl halides is 3. The lowest BCUT2D eigenvalue weighted by Gasteiger charge is -2.13. The van der Waals surface area contributed by atoms with E-state index in [9.17, 15) is 18.0 Å². The summed E-state index contributed by atoms with van der Waals surface area (Å²) >= 11 is 0. The molecule has 0 aromatic heterocycles. The third-order valence-electron chi connectivity index (χ3n) is 2.17. The third kappa shape index (κ3) is 3.74. The van der Waals surface area contributed by atoms with Gasteiger partial charge < -0.3 is 0 Å². The van der Waals surface area contributed by atoms with Crippen LogP contribution in [0.1, 0.15) is 12.5 Å². The van der Waals surface area contributed by atoms with E-state index in [4.69, 9.17) is 1.37 Å². The average Bonchev–Trinajstić information content (AvgIpc) is 2.29. The zero-order chi connectivity index (χ0) is 13.9. The number of carbonyl (C=O) groups excluding carboxylic acids is 1. The summed E-state index contributed by atoms with van der Waals surface area (Å²) in [6.07, 6.45) is -4.66. The van der Waals surface area contributed by atoms with Crippen LogP contribution in [0.3, 0.4) is 0 Å². The molecular weight excluding hydrogens is 235 g/mol. The molecule has 1 aromatic carbocycles. The van der Waals surface area contributed by atoms with Crippen molar-refractivity contribution in [1.29, 1.82) is 0 Å². The van der Waals surface area contributed by atoms with E-state index < -0.39 is 17.6 Å². The molecular formula is C11H12F3NO2. The Morgan fingerprint density at radius 2 is 2.12 bits per heavy atom. The van der Waals surface area contributed by atoms with E-state index in [0.717, 1.165) is 17.2 Å². The highest BCUT2D eigenvalue weighted by Crippen LogP contribution is 2.29. The lowest BCUT2D eigenvalue weighted by atomic mass is 10.1. The fourth-order valence-corrected chi connectivity index (χ4v) is 1.12. The quantitative estimate of drug-likeness (QED) is 0.768. The van der Waals surface area contributed by atoms with Crippen LogP contribution in [0, 0.1) is 0 Å². The lowest BCUT2D eigenvalue weighted by molar-refractivity contribution is -0.167. The van der Waals surface area contributed by atoms with Gasteiger partial charge in [-0.25, -0.2) is 5.06 Å². The number of rotatable bonds is 3. The number of hydrogen-bond acceptors (Lipinski definition) is 2. The highest BCUT2D eigenvalue weighted by molar-refractivity contribution is 5.77. The van der Waals surface area contributed by atoms with Gasteiger partial charge in [0, 0.05) is 7.05 Å². The molecule has 1 rings (SSSR count). The van der Waals surface area contributed by atoms with Gasteiger partial charge in [-0.1, -0.05) is 12.1 Å². The summed E-state index contributed by atoms with van der Waals surface area (Å²) < 4.78 is 44.6. The van der Waals surface area contributed by atoms with Gasteiger partial charge in [0.15, 0.2) is 0 Å². The number of benzene rings is 1. The van der Waals surface area contributed by atoms with Crippen LogP contribution in [0.25, 0.3) is 0 Å². The van der Waals surface area contributed by atoms with Crippen molar-refractivity contribution in [2.75, 3.05) is 14.2 Å². The van der Waals surface area contributed by atoms with E-state index in [2.05, 4.69) is 4.84 Å². The predicted octanol–water partition coefficient (Wildman–Crippen LogP) is 2.27. The molecule has 0 saturated carbocycles. The second kappa shape index (κ2) is 5.18. The molecule has 0 aliphatic rings. The molecule has 0 N–H and O–H groups in total. The normalized spacial score (nSPS) is 12.2. The maximum Gasteiger partial charge on any atom is 0.416 e. The molecule has 3 nitrogen and oxygen atoms in total. The number of likely N-dealkylation sites (N-methyl/N-ethyl adjacent to an activating group) is 1. The minimum absolute atomic E-state index is 0.179. The van der Waals surface area contributed by atoms with Gasteiger partial charge in [-0.3, -0.25) is 9.63 Å². The van der Waals surface area contributed by atoms with Crippen LogP contribution < -0.4 is 0 Å². The van der Waals surface area contributed by atoms with Crippen LogP contribution in [0.15, 0.2) is 24.2 Å². The maximum absolute atomic E-state index is 12.4. The van der Waals surface area contributed by atoms with Crippen LogP contribution in [0.4, 0.5) is 13.2 Å². The van der Waals surface area contributed by atoms with Gasteiger partial charge in [0.2, 0.25) is 5.91 Å². The predicted molar refractivity (Wildman–Crippen MR) is 54.9 cm³/mol. The molecule has 0 radical (unpaired) electrons. The zero-order valence-electron chi connectivity index (χ0n) is 10.3. The van der Waals surface area contributed by atoms with E-state index in [1.165, 1.54) is 14.2 Å². The first kappa shape index (κ1) is 11.9. The van der Waals surface area contributed by atoms with Crippen molar-refractivity contribution in [3.8, 4) is 0 Å².